The Morgan fingerprint density at radius 3 is 2.21 bits per heavy atom. The summed E-state index contributed by atoms with van der Waals surface area (Å²) in [6.45, 7) is 2.84. The third kappa shape index (κ3) is 2.67. The minimum Gasteiger partial charge on any atom is -0.356 e. The Hall–Kier alpha value is -0.570. The first-order valence-corrected chi connectivity index (χ1v) is 8.11. The van der Waals surface area contributed by atoms with Gasteiger partial charge in [0.15, 0.2) is 0 Å². The molecule has 0 saturated heterocycles. The van der Waals surface area contributed by atoms with Crippen molar-refractivity contribution in [3.8, 4) is 0 Å². The second-order valence-electron chi connectivity index (χ2n) is 7.57. The van der Waals surface area contributed by atoms with E-state index in [4.69, 9.17) is 5.73 Å². The van der Waals surface area contributed by atoms with Crippen molar-refractivity contribution in [2.75, 3.05) is 6.54 Å². The molecule has 108 valence electrons. The zero-order valence-corrected chi connectivity index (χ0v) is 12.2. The molecule has 0 spiro atoms. The summed E-state index contributed by atoms with van der Waals surface area (Å²) < 4.78 is 0. The van der Waals surface area contributed by atoms with E-state index < -0.39 is 0 Å². The van der Waals surface area contributed by atoms with E-state index >= 15 is 0 Å². The number of nitrogens with two attached hydrogens (primary N) is 1. The summed E-state index contributed by atoms with van der Waals surface area (Å²) in [5, 5.41) is 3.20. The molecule has 4 aliphatic carbocycles. The minimum absolute atomic E-state index is 0.0169. The highest BCUT2D eigenvalue weighted by Crippen LogP contribution is 2.60. The fourth-order valence-corrected chi connectivity index (χ4v) is 5.20. The van der Waals surface area contributed by atoms with Crippen LogP contribution in [0.25, 0.3) is 0 Å². The molecule has 0 aromatic rings. The smallest absolute Gasteiger partial charge is 0.226 e. The van der Waals surface area contributed by atoms with Gasteiger partial charge in [0.1, 0.15) is 0 Å². The van der Waals surface area contributed by atoms with Gasteiger partial charge < -0.3 is 11.1 Å². The van der Waals surface area contributed by atoms with E-state index in [0.29, 0.717) is 5.91 Å². The average molecular weight is 264 g/mol. The van der Waals surface area contributed by atoms with Crippen molar-refractivity contribution < 1.29 is 4.79 Å². The van der Waals surface area contributed by atoms with Crippen molar-refractivity contribution in [1.29, 1.82) is 0 Å². The summed E-state index contributed by atoms with van der Waals surface area (Å²) in [5.41, 5.74) is 5.76. The fourth-order valence-electron chi connectivity index (χ4n) is 5.20. The van der Waals surface area contributed by atoms with Crippen LogP contribution in [0.5, 0.6) is 0 Å². The molecule has 4 bridgehead atoms. The number of hydrogen-bond donors (Lipinski definition) is 2. The first-order chi connectivity index (χ1) is 9.07. The lowest BCUT2D eigenvalue weighted by molar-refractivity contribution is -0.146. The van der Waals surface area contributed by atoms with E-state index in [0.717, 1.165) is 37.1 Å². The molecule has 3 heteroatoms. The number of carbonyl (C=O) groups is 1. The van der Waals surface area contributed by atoms with E-state index in [1.807, 2.05) is 6.92 Å². The van der Waals surface area contributed by atoms with Gasteiger partial charge in [0, 0.05) is 18.0 Å². The summed E-state index contributed by atoms with van der Waals surface area (Å²) in [5.74, 6) is 2.90. The SMILES string of the molecule is CC(N)CCCNC(=O)C12CC3CC(CC(C3)C1)C2. The van der Waals surface area contributed by atoms with Crippen molar-refractivity contribution in [2.45, 2.75) is 64.3 Å². The Bertz CT molecular complexity index is 315. The number of hydrogen-bond acceptors (Lipinski definition) is 2. The van der Waals surface area contributed by atoms with Crippen LogP contribution in [-0.4, -0.2) is 18.5 Å². The molecule has 1 atom stereocenters. The number of rotatable bonds is 5. The first kappa shape index (κ1) is 13.4. The quantitative estimate of drug-likeness (QED) is 0.749. The molecule has 0 radical (unpaired) electrons. The van der Waals surface area contributed by atoms with Gasteiger partial charge in [-0.25, -0.2) is 0 Å². The highest BCUT2D eigenvalue weighted by molar-refractivity contribution is 5.83. The molecular formula is C16H28N2O. The van der Waals surface area contributed by atoms with Crippen LogP contribution >= 0.6 is 0 Å². The average Bonchev–Trinajstić information content (AvgIpc) is 2.32. The highest BCUT2D eigenvalue weighted by atomic mass is 16.2. The lowest BCUT2D eigenvalue weighted by atomic mass is 9.49. The van der Waals surface area contributed by atoms with E-state index in [2.05, 4.69) is 5.32 Å². The lowest BCUT2D eigenvalue weighted by Crippen LogP contribution is -2.53. The molecule has 3 N–H and O–H groups in total. The molecule has 4 rings (SSSR count). The van der Waals surface area contributed by atoms with E-state index in [1.54, 1.807) is 0 Å². The van der Waals surface area contributed by atoms with Gasteiger partial charge in [0.05, 0.1) is 0 Å². The van der Waals surface area contributed by atoms with Crippen molar-refractivity contribution in [3.63, 3.8) is 0 Å². The molecule has 1 amide bonds. The fraction of sp³-hybridized carbons (Fsp3) is 0.938. The predicted octanol–water partition coefficient (Wildman–Crippen LogP) is 2.45. The van der Waals surface area contributed by atoms with Crippen LogP contribution in [0.1, 0.15) is 58.3 Å². The third-order valence-corrected chi connectivity index (χ3v) is 5.64. The minimum atomic E-state index is 0.0169. The highest BCUT2D eigenvalue weighted by Gasteiger charge is 2.54. The van der Waals surface area contributed by atoms with E-state index in [9.17, 15) is 4.79 Å². The van der Waals surface area contributed by atoms with Gasteiger partial charge in [-0.3, -0.25) is 4.79 Å². The normalized spacial score (nSPS) is 41.3. The second-order valence-corrected chi connectivity index (χ2v) is 7.57. The number of amides is 1. The molecule has 0 aliphatic heterocycles. The Morgan fingerprint density at radius 1 is 1.21 bits per heavy atom. The molecule has 19 heavy (non-hydrogen) atoms. The summed E-state index contributed by atoms with van der Waals surface area (Å²) in [6.07, 6.45) is 9.71. The summed E-state index contributed by atoms with van der Waals surface area (Å²) >= 11 is 0. The second kappa shape index (κ2) is 5.08. The van der Waals surface area contributed by atoms with Crippen LogP contribution in [0.4, 0.5) is 0 Å². The maximum Gasteiger partial charge on any atom is 0.226 e. The van der Waals surface area contributed by atoms with Gasteiger partial charge >= 0.3 is 0 Å². The standard InChI is InChI=1S/C16H28N2O/c1-11(17)3-2-4-18-15(19)16-8-12-5-13(9-16)7-14(6-12)10-16/h11-14H,2-10,17H2,1H3,(H,18,19). The third-order valence-electron chi connectivity index (χ3n) is 5.64. The Morgan fingerprint density at radius 2 is 1.74 bits per heavy atom. The van der Waals surface area contributed by atoms with Crippen LogP contribution in [0.2, 0.25) is 0 Å². The zero-order valence-electron chi connectivity index (χ0n) is 12.2. The number of carbonyl (C=O) groups excluding carboxylic acids is 1. The maximum absolute atomic E-state index is 12.6. The topological polar surface area (TPSA) is 55.1 Å². The van der Waals surface area contributed by atoms with Crippen molar-refractivity contribution in [1.82, 2.24) is 5.32 Å². The summed E-state index contributed by atoms with van der Waals surface area (Å²) in [4.78, 5) is 12.6. The Balaban J connectivity index is 1.54. The van der Waals surface area contributed by atoms with Crippen molar-refractivity contribution >= 4 is 5.91 Å². The van der Waals surface area contributed by atoms with Crippen molar-refractivity contribution in [2.24, 2.45) is 28.9 Å². The molecule has 4 aliphatic rings. The largest absolute Gasteiger partial charge is 0.356 e. The Labute approximate surface area is 116 Å². The van der Waals surface area contributed by atoms with Gasteiger partial charge in [-0.05, 0) is 76.0 Å². The molecule has 4 saturated carbocycles. The summed E-state index contributed by atoms with van der Waals surface area (Å²) in [6, 6.07) is 0.247. The molecular weight excluding hydrogens is 236 g/mol. The maximum atomic E-state index is 12.6. The molecule has 0 aromatic carbocycles. The van der Waals surface area contributed by atoms with Gasteiger partial charge in [0.2, 0.25) is 5.91 Å². The molecule has 0 aromatic heterocycles. The monoisotopic (exact) mass is 264 g/mol. The van der Waals surface area contributed by atoms with Crippen LogP contribution in [0.3, 0.4) is 0 Å². The summed E-state index contributed by atoms with van der Waals surface area (Å²) in [7, 11) is 0. The lowest BCUT2D eigenvalue weighted by Gasteiger charge is -2.55. The van der Waals surface area contributed by atoms with Gasteiger partial charge in [-0.1, -0.05) is 0 Å². The van der Waals surface area contributed by atoms with Crippen LogP contribution in [0.15, 0.2) is 0 Å². The van der Waals surface area contributed by atoms with E-state index in [-0.39, 0.29) is 11.5 Å². The van der Waals surface area contributed by atoms with Crippen molar-refractivity contribution in [3.05, 3.63) is 0 Å². The molecule has 4 fully saturated rings. The van der Waals surface area contributed by atoms with Crippen LogP contribution in [-0.2, 0) is 4.79 Å². The van der Waals surface area contributed by atoms with Crippen LogP contribution < -0.4 is 11.1 Å². The van der Waals surface area contributed by atoms with E-state index in [1.165, 1.54) is 38.5 Å². The van der Waals surface area contributed by atoms with Gasteiger partial charge in [0.25, 0.3) is 0 Å². The van der Waals surface area contributed by atoms with Gasteiger partial charge in [-0.2, -0.15) is 0 Å². The predicted molar refractivity (Wildman–Crippen MR) is 76.5 cm³/mol. The molecule has 1 unspecified atom stereocenters. The molecule has 0 heterocycles. The first-order valence-electron chi connectivity index (χ1n) is 8.11. The molecule has 3 nitrogen and oxygen atoms in total. The zero-order chi connectivity index (χ0) is 13.5. The Kier molecular flexibility index (Phi) is 3.59. The van der Waals surface area contributed by atoms with Crippen LogP contribution in [0, 0.1) is 23.2 Å². The van der Waals surface area contributed by atoms with Gasteiger partial charge in [-0.15, -0.1) is 0 Å². The number of nitrogens with one attached hydrogen (secondary N) is 1.